The molecule has 0 saturated heterocycles. The van der Waals surface area contributed by atoms with Crippen LogP contribution in [0.2, 0.25) is 0 Å². The molecule has 1 N–H and O–H groups in total. The number of carbonyl (C=O) groups is 1. The van der Waals surface area contributed by atoms with Crippen molar-refractivity contribution in [3.05, 3.63) is 80.6 Å². The summed E-state index contributed by atoms with van der Waals surface area (Å²) in [5.74, 6) is -0.155. The minimum atomic E-state index is -4.61. The summed E-state index contributed by atoms with van der Waals surface area (Å²) < 4.78 is 48.5. The van der Waals surface area contributed by atoms with Crippen molar-refractivity contribution in [1.29, 1.82) is 0 Å². The number of pyridine rings is 1. The summed E-state index contributed by atoms with van der Waals surface area (Å²) in [7, 11) is 1.45. The lowest BCUT2D eigenvalue weighted by atomic mass is 10.1. The molecule has 13 nitrogen and oxygen atoms in total. The lowest BCUT2D eigenvalue weighted by Crippen LogP contribution is -2.40. The number of alkyl halides is 3. The minimum Gasteiger partial charge on any atom is -0.361 e. The van der Waals surface area contributed by atoms with Crippen molar-refractivity contribution in [3.63, 3.8) is 0 Å². The highest BCUT2D eigenvalue weighted by Crippen LogP contribution is 2.33. The molecule has 5 heterocycles. The van der Waals surface area contributed by atoms with Gasteiger partial charge in [0.2, 0.25) is 5.91 Å². The molecular formula is C25H22F3N9O4. The van der Waals surface area contributed by atoms with E-state index in [1.54, 1.807) is 13.0 Å². The topological polar surface area (TPSA) is 156 Å². The molecule has 0 aliphatic rings. The van der Waals surface area contributed by atoms with Gasteiger partial charge in [-0.2, -0.15) is 13.2 Å². The number of halogens is 3. The van der Waals surface area contributed by atoms with E-state index < -0.39 is 34.9 Å². The molecule has 5 aromatic heterocycles. The van der Waals surface area contributed by atoms with Crippen LogP contribution < -0.4 is 16.6 Å². The number of hydrogen-bond donors (Lipinski definition) is 1. The first-order valence-corrected chi connectivity index (χ1v) is 12.1. The number of aromatic nitrogens is 8. The Morgan fingerprint density at radius 2 is 1.88 bits per heavy atom. The van der Waals surface area contributed by atoms with E-state index in [2.05, 4.69) is 30.4 Å². The molecule has 0 radical (unpaired) electrons. The molecule has 0 fully saturated rings. The number of imidazole rings is 1. The van der Waals surface area contributed by atoms with Gasteiger partial charge in [0.05, 0.1) is 36.5 Å². The molecule has 1 unspecified atom stereocenters. The molecule has 0 bridgehead atoms. The molecule has 212 valence electrons. The average molecular weight is 570 g/mol. The maximum atomic E-state index is 13.4. The molecule has 0 aliphatic heterocycles. The third kappa shape index (κ3) is 5.10. The summed E-state index contributed by atoms with van der Waals surface area (Å²) in [6.45, 7) is 4.27. The van der Waals surface area contributed by atoms with Crippen LogP contribution in [0.25, 0.3) is 22.4 Å². The number of amides is 1. The summed E-state index contributed by atoms with van der Waals surface area (Å²) in [5.41, 5.74) is -1.86. The van der Waals surface area contributed by atoms with Crippen molar-refractivity contribution in [3.8, 4) is 11.3 Å². The fourth-order valence-corrected chi connectivity index (χ4v) is 4.26. The molecular weight excluding hydrogens is 547 g/mol. The van der Waals surface area contributed by atoms with Crippen molar-refractivity contribution in [2.24, 2.45) is 7.05 Å². The molecule has 41 heavy (non-hydrogen) atoms. The first-order chi connectivity index (χ1) is 19.3. The van der Waals surface area contributed by atoms with Crippen molar-refractivity contribution < 1.29 is 22.5 Å². The highest BCUT2D eigenvalue weighted by Gasteiger charge is 2.33. The van der Waals surface area contributed by atoms with Gasteiger partial charge in [-0.1, -0.05) is 5.16 Å². The average Bonchev–Trinajstić information content (AvgIpc) is 3.55. The molecule has 5 aromatic rings. The Kier molecular flexibility index (Phi) is 6.76. The Morgan fingerprint density at radius 3 is 2.56 bits per heavy atom. The van der Waals surface area contributed by atoms with E-state index in [1.807, 2.05) is 0 Å². The van der Waals surface area contributed by atoms with E-state index in [9.17, 15) is 27.6 Å². The van der Waals surface area contributed by atoms with Gasteiger partial charge in [-0.05, 0) is 26.8 Å². The Balaban J connectivity index is 1.45. The third-order valence-electron chi connectivity index (χ3n) is 6.43. The highest BCUT2D eigenvalue weighted by atomic mass is 19.4. The maximum absolute atomic E-state index is 13.4. The van der Waals surface area contributed by atoms with Crippen LogP contribution in [0.4, 0.5) is 19.0 Å². The predicted molar refractivity (Wildman–Crippen MR) is 138 cm³/mol. The summed E-state index contributed by atoms with van der Waals surface area (Å²) in [6.07, 6.45) is 0.359. The molecule has 0 spiro atoms. The van der Waals surface area contributed by atoms with E-state index in [-0.39, 0.29) is 40.5 Å². The van der Waals surface area contributed by atoms with Gasteiger partial charge < -0.3 is 14.4 Å². The predicted octanol–water partition coefficient (Wildman–Crippen LogP) is 2.62. The zero-order valence-electron chi connectivity index (χ0n) is 22.1. The van der Waals surface area contributed by atoms with E-state index in [0.717, 1.165) is 10.6 Å². The first-order valence-electron chi connectivity index (χ1n) is 12.1. The van der Waals surface area contributed by atoms with Gasteiger partial charge >= 0.3 is 11.9 Å². The Labute approximate surface area is 228 Å². The van der Waals surface area contributed by atoms with E-state index in [4.69, 9.17) is 4.52 Å². The Bertz CT molecular complexity index is 1920. The van der Waals surface area contributed by atoms with Crippen LogP contribution in [-0.4, -0.2) is 44.7 Å². The van der Waals surface area contributed by atoms with Gasteiger partial charge in [-0.25, -0.2) is 14.8 Å². The standard InChI is InChI=1S/C25H22F3N9O4/c1-12-5-16(34-41-12)10-36-23(39)20-21(35(4)24(36)40)31-11-37(20)14(3)22(38)33-19-9-29-8-18(32-19)15-6-17(25(26,27)28)13(2)30-7-15/h5-9,11,14H,10H2,1-4H3,(H,32,33,38). The minimum absolute atomic E-state index is 0.000196. The zero-order valence-corrected chi connectivity index (χ0v) is 22.1. The lowest BCUT2D eigenvalue weighted by molar-refractivity contribution is -0.138. The number of hydrogen-bond acceptors (Lipinski definition) is 9. The largest absolute Gasteiger partial charge is 0.418 e. The second-order valence-corrected chi connectivity index (χ2v) is 9.30. The summed E-state index contributed by atoms with van der Waals surface area (Å²) >= 11 is 0. The quantitative estimate of drug-likeness (QED) is 0.325. The van der Waals surface area contributed by atoms with E-state index >= 15 is 0 Å². The molecule has 1 atom stereocenters. The van der Waals surface area contributed by atoms with E-state index in [1.165, 1.54) is 54.9 Å². The van der Waals surface area contributed by atoms with Crippen LogP contribution in [0, 0.1) is 13.8 Å². The fourth-order valence-electron chi connectivity index (χ4n) is 4.26. The molecule has 1 amide bonds. The number of nitrogens with zero attached hydrogens (tertiary/aromatic N) is 8. The summed E-state index contributed by atoms with van der Waals surface area (Å²) in [5, 5.41) is 6.39. The van der Waals surface area contributed by atoms with Gasteiger partial charge in [0.1, 0.15) is 17.5 Å². The van der Waals surface area contributed by atoms with Gasteiger partial charge in [-0.3, -0.25) is 28.7 Å². The zero-order chi connectivity index (χ0) is 29.6. The maximum Gasteiger partial charge on any atom is 0.418 e. The number of nitrogens with one attached hydrogen (secondary N) is 1. The number of rotatable bonds is 6. The summed E-state index contributed by atoms with van der Waals surface area (Å²) in [4.78, 5) is 55.6. The van der Waals surface area contributed by atoms with Crippen molar-refractivity contribution in [2.45, 2.75) is 39.5 Å². The van der Waals surface area contributed by atoms with Gasteiger partial charge in [-0.15, -0.1) is 0 Å². The molecule has 0 aromatic carbocycles. The molecule has 5 rings (SSSR count). The van der Waals surface area contributed by atoms with Gasteiger partial charge in [0, 0.05) is 30.6 Å². The smallest absolute Gasteiger partial charge is 0.361 e. The normalized spacial score (nSPS) is 12.6. The molecule has 16 heteroatoms. The molecule has 0 saturated carbocycles. The molecule has 0 aliphatic carbocycles. The van der Waals surface area contributed by atoms with Crippen LogP contribution in [-0.2, 0) is 24.6 Å². The van der Waals surface area contributed by atoms with Crippen LogP contribution in [0.5, 0.6) is 0 Å². The fraction of sp³-hybridized carbons (Fsp3) is 0.280. The third-order valence-corrected chi connectivity index (χ3v) is 6.43. The first kappa shape index (κ1) is 27.4. The van der Waals surface area contributed by atoms with Crippen molar-refractivity contribution in [2.75, 3.05) is 5.32 Å². The van der Waals surface area contributed by atoms with Gasteiger partial charge in [0.25, 0.3) is 5.56 Å². The monoisotopic (exact) mass is 569 g/mol. The number of carbonyl (C=O) groups excluding carboxylic acids is 1. The van der Waals surface area contributed by atoms with Gasteiger partial charge in [0.15, 0.2) is 17.0 Å². The summed E-state index contributed by atoms with van der Waals surface area (Å²) in [6, 6.07) is 1.49. The van der Waals surface area contributed by atoms with Crippen LogP contribution in [0.15, 0.2) is 51.2 Å². The SMILES string of the molecule is Cc1cc(Cn2c(=O)c3c(ncn3C(C)C(=O)Nc3cncc(-c4cnc(C)c(C(F)(F)F)c4)n3)n(C)c2=O)no1. The van der Waals surface area contributed by atoms with Crippen molar-refractivity contribution >= 4 is 22.9 Å². The second-order valence-electron chi connectivity index (χ2n) is 9.30. The Hall–Kier alpha value is -5.15. The van der Waals surface area contributed by atoms with Crippen LogP contribution in [0.1, 0.15) is 35.7 Å². The Morgan fingerprint density at radius 1 is 1.12 bits per heavy atom. The van der Waals surface area contributed by atoms with Crippen LogP contribution >= 0.6 is 0 Å². The highest BCUT2D eigenvalue weighted by molar-refractivity contribution is 5.93. The van der Waals surface area contributed by atoms with E-state index in [0.29, 0.717) is 11.5 Å². The van der Waals surface area contributed by atoms with Crippen molar-refractivity contribution in [1.82, 2.24) is 38.8 Å². The lowest BCUT2D eigenvalue weighted by Gasteiger charge is -2.15. The second kappa shape index (κ2) is 10.1. The van der Waals surface area contributed by atoms with Crippen LogP contribution in [0.3, 0.4) is 0 Å². The number of anilines is 1. The number of aryl methyl sites for hydroxylation is 3. The number of fused-ring (bicyclic) bond motifs is 1.